The molecule has 2 aliphatic rings. The highest BCUT2D eigenvalue weighted by atomic mass is 35.5. The van der Waals surface area contributed by atoms with Gasteiger partial charge in [-0.3, -0.25) is 4.90 Å². The highest BCUT2D eigenvalue weighted by Crippen LogP contribution is 2.21. The van der Waals surface area contributed by atoms with E-state index in [0.717, 1.165) is 39.1 Å². The fourth-order valence-corrected chi connectivity index (χ4v) is 4.70. The van der Waals surface area contributed by atoms with Crippen LogP contribution in [-0.2, 0) is 14.8 Å². The molecule has 0 spiro atoms. The number of piperazine rings is 1. The van der Waals surface area contributed by atoms with Crippen molar-refractivity contribution in [3.8, 4) is 0 Å². The van der Waals surface area contributed by atoms with Crippen molar-refractivity contribution >= 4 is 21.6 Å². The van der Waals surface area contributed by atoms with Crippen LogP contribution in [0.1, 0.15) is 19.3 Å². The van der Waals surface area contributed by atoms with Crippen LogP contribution in [0.25, 0.3) is 0 Å². The minimum absolute atomic E-state index is 0.308. The van der Waals surface area contributed by atoms with Gasteiger partial charge in [0.05, 0.1) is 11.0 Å². The lowest BCUT2D eigenvalue weighted by Crippen LogP contribution is -2.50. The quantitative estimate of drug-likeness (QED) is 0.828. The van der Waals surface area contributed by atoms with Gasteiger partial charge in [0.1, 0.15) is 0 Å². The van der Waals surface area contributed by atoms with Crippen molar-refractivity contribution in [1.29, 1.82) is 0 Å². The second-order valence-corrected chi connectivity index (χ2v) is 8.52. The first-order valence-corrected chi connectivity index (χ1v) is 9.97. The average molecular weight is 359 g/mol. The van der Waals surface area contributed by atoms with Crippen molar-refractivity contribution < 1.29 is 13.2 Å². The highest BCUT2D eigenvalue weighted by Gasteiger charge is 2.29. The molecule has 2 saturated heterocycles. The van der Waals surface area contributed by atoms with E-state index in [1.54, 1.807) is 28.6 Å². The third-order valence-electron chi connectivity index (χ3n) is 4.52. The lowest BCUT2D eigenvalue weighted by Gasteiger charge is -2.36. The molecule has 0 aliphatic carbocycles. The molecule has 1 aromatic rings. The van der Waals surface area contributed by atoms with Crippen molar-refractivity contribution in [2.75, 3.05) is 39.3 Å². The molecule has 0 N–H and O–H groups in total. The molecule has 5 nitrogen and oxygen atoms in total. The van der Waals surface area contributed by atoms with Crippen LogP contribution in [0.3, 0.4) is 0 Å². The Morgan fingerprint density at radius 2 is 1.78 bits per heavy atom. The molecule has 1 atom stereocenters. The molecule has 7 heteroatoms. The molecule has 0 bridgehead atoms. The molecule has 23 heavy (non-hydrogen) atoms. The zero-order valence-electron chi connectivity index (χ0n) is 13.2. The van der Waals surface area contributed by atoms with E-state index in [4.69, 9.17) is 16.3 Å². The maximum atomic E-state index is 12.6. The van der Waals surface area contributed by atoms with Gasteiger partial charge in [-0.05, 0) is 43.5 Å². The first kappa shape index (κ1) is 17.2. The molecule has 0 aromatic heterocycles. The van der Waals surface area contributed by atoms with Gasteiger partial charge in [0.2, 0.25) is 10.0 Å². The molecule has 0 saturated carbocycles. The van der Waals surface area contributed by atoms with Crippen molar-refractivity contribution in [3.63, 3.8) is 0 Å². The molecule has 0 unspecified atom stereocenters. The molecule has 0 radical (unpaired) electrons. The lowest BCUT2D eigenvalue weighted by molar-refractivity contribution is -0.0103. The lowest BCUT2D eigenvalue weighted by atomic mass is 10.1. The Morgan fingerprint density at radius 3 is 2.39 bits per heavy atom. The van der Waals surface area contributed by atoms with E-state index in [-0.39, 0.29) is 0 Å². The maximum absolute atomic E-state index is 12.6. The van der Waals surface area contributed by atoms with Crippen molar-refractivity contribution in [3.05, 3.63) is 29.3 Å². The van der Waals surface area contributed by atoms with E-state index in [9.17, 15) is 8.42 Å². The third kappa shape index (κ3) is 4.25. The molecule has 2 aliphatic heterocycles. The minimum atomic E-state index is -3.42. The summed E-state index contributed by atoms with van der Waals surface area (Å²) in [6, 6.07) is 6.37. The summed E-state index contributed by atoms with van der Waals surface area (Å²) in [5, 5.41) is 0.543. The van der Waals surface area contributed by atoms with Gasteiger partial charge in [0.15, 0.2) is 0 Å². The zero-order valence-corrected chi connectivity index (χ0v) is 14.7. The number of hydrogen-bond acceptors (Lipinski definition) is 4. The van der Waals surface area contributed by atoms with Crippen LogP contribution in [-0.4, -0.2) is 63.1 Å². The van der Waals surface area contributed by atoms with Gasteiger partial charge < -0.3 is 4.74 Å². The standard InChI is InChI=1S/C16H23ClN2O3S/c17-14-4-6-16(7-5-14)23(20,21)19-10-8-18(9-11-19)13-15-3-1-2-12-22-15/h4-7,15H,1-3,8-13H2/t15-/m1/s1. The Bertz CT molecular complexity index is 607. The number of sulfonamides is 1. The Hall–Kier alpha value is -0.660. The second kappa shape index (κ2) is 7.49. The van der Waals surface area contributed by atoms with Crippen molar-refractivity contribution in [2.45, 2.75) is 30.3 Å². The SMILES string of the molecule is O=S(=O)(c1ccc(Cl)cc1)N1CCN(C[C@H]2CCCCO2)CC1. The number of ether oxygens (including phenoxy) is 1. The van der Waals surface area contributed by atoms with E-state index in [1.165, 1.54) is 6.42 Å². The molecule has 2 heterocycles. The molecule has 2 fully saturated rings. The number of rotatable bonds is 4. The predicted molar refractivity (Wildman–Crippen MR) is 90.2 cm³/mol. The Labute approximate surface area is 143 Å². The summed E-state index contributed by atoms with van der Waals surface area (Å²) in [6.07, 6.45) is 3.81. The zero-order chi connectivity index (χ0) is 16.3. The maximum Gasteiger partial charge on any atom is 0.243 e. The van der Waals surface area contributed by atoms with Crippen molar-refractivity contribution in [2.24, 2.45) is 0 Å². The summed E-state index contributed by atoms with van der Waals surface area (Å²) >= 11 is 5.83. The van der Waals surface area contributed by atoms with E-state index in [1.807, 2.05) is 0 Å². The van der Waals surface area contributed by atoms with Gasteiger partial charge in [0, 0.05) is 44.4 Å². The topological polar surface area (TPSA) is 49.9 Å². The van der Waals surface area contributed by atoms with Gasteiger partial charge >= 0.3 is 0 Å². The predicted octanol–water partition coefficient (Wildman–Crippen LogP) is 2.22. The molecule has 128 valence electrons. The van der Waals surface area contributed by atoms with Gasteiger partial charge in [-0.1, -0.05) is 11.6 Å². The van der Waals surface area contributed by atoms with E-state index < -0.39 is 10.0 Å². The van der Waals surface area contributed by atoms with E-state index in [0.29, 0.717) is 29.1 Å². The smallest absolute Gasteiger partial charge is 0.243 e. The molecular weight excluding hydrogens is 336 g/mol. The van der Waals surface area contributed by atoms with Crippen LogP contribution < -0.4 is 0 Å². The van der Waals surface area contributed by atoms with Gasteiger partial charge in [-0.25, -0.2) is 8.42 Å². The van der Waals surface area contributed by atoms with Gasteiger partial charge in [-0.2, -0.15) is 4.31 Å². The summed E-state index contributed by atoms with van der Waals surface area (Å²) in [5.41, 5.74) is 0. The van der Waals surface area contributed by atoms with Crippen LogP contribution in [0.2, 0.25) is 5.02 Å². The van der Waals surface area contributed by atoms with Gasteiger partial charge in [0.25, 0.3) is 0 Å². The molecule has 1 aromatic carbocycles. The first-order valence-electron chi connectivity index (χ1n) is 8.15. The third-order valence-corrected chi connectivity index (χ3v) is 6.68. The number of benzene rings is 1. The second-order valence-electron chi connectivity index (χ2n) is 6.15. The number of hydrogen-bond donors (Lipinski definition) is 0. The Kier molecular flexibility index (Phi) is 5.59. The number of halogens is 1. The first-order chi connectivity index (χ1) is 11.1. The fraction of sp³-hybridized carbons (Fsp3) is 0.625. The summed E-state index contributed by atoms with van der Waals surface area (Å²) < 4.78 is 32.6. The van der Waals surface area contributed by atoms with Crippen LogP contribution in [0, 0.1) is 0 Å². The monoisotopic (exact) mass is 358 g/mol. The Balaban J connectivity index is 1.56. The largest absolute Gasteiger partial charge is 0.377 e. The van der Waals surface area contributed by atoms with Crippen LogP contribution in [0.15, 0.2) is 29.2 Å². The van der Waals surface area contributed by atoms with Crippen LogP contribution in [0.4, 0.5) is 0 Å². The summed E-state index contributed by atoms with van der Waals surface area (Å²) in [7, 11) is -3.42. The highest BCUT2D eigenvalue weighted by molar-refractivity contribution is 7.89. The average Bonchev–Trinajstić information content (AvgIpc) is 2.57. The molecular formula is C16H23ClN2O3S. The number of nitrogens with zero attached hydrogens (tertiary/aromatic N) is 2. The van der Waals surface area contributed by atoms with Gasteiger partial charge in [-0.15, -0.1) is 0 Å². The van der Waals surface area contributed by atoms with Crippen LogP contribution in [0.5, 0.6) is 0 Å². The van der Waals surface area contributed by atoms with E-state index in [2.05, 4.69) is 4.90 Å². The summed E-state index contributed by atoms with van der Waals surface area (Å²) in [4.78, 5) is 2.62. The molecule has 0 amide bonds. The van der Waals surface area contributed by atoms with E-state index >= 15 is 0 Å². The van der Waals surface area contributed by atoms with Crippen LogP contribution >= 0.6 is 11.6 Å². The summed E-state index contributed by atoms with van der Waals surface area (Å²) in [6.45, 7) is 4.33. The minimum Gasteiger partial charge on any atom is -0.377 e. The fourth-order valence-electron chi connectivity index (χ4n) is 3.15. The molecule has 3 rings (SSSR count). The summed E-state index contributed by atoms with van der Waals surface area (Å²) in [5.74, 6) is 0. The Morgan fingerprint density at radius 1 is 1.09 bits per heavy atom. The normalized spacial score (nSPS) is 24.7. The van der Waals surface area contributed by atoms with Crippen molar-refractivity contribution in [1.82, 2.24) is 9.21 Å².